The van der Waals surface area contributed by atoms with Gasteiger partial charge in [-0.15, -0.1) is 0 Å². The molecule has 14 heavy (non-hydrogen) atoms. The van der Waals surface area contributed by atoms with E-state index in [1.807, 2.05) is 6.07 Å². The molecule has 2 atom stereocenters. The van der Waals surface area contributed by atoms with Gasteiger partial charge in [-0.2, -0.15) is 0 Å². The summed E-state index contributed by atoms with van der Waals surface area (Å²) < 4.78 is 5.63. The second kappa shape index (κ2) is 3.62. The van der Waals surface area contributed by atoms with Crippen LogP contribution >= 0.6 is 0 Å². The van der Waals surface area contributed by atoms with E-state index in [-0.39, 0.29) is 6.04 Å². The molecule has 2 nitrogen and oxygen atoms in total. The Balaban J connectivity index is 2.28. The summed E-state index contributed by atoms with van der Waals surface area (Å²) in [5, 5.41) is 0. The van der Waals surface area contributed by atoms with Gasteiger partial charge in [0.2, 0.25) is 0 Å². The number of nitrogens with two attached hydrogens (primary N) is 1. The van der Waals surface area contributed by atoms with Crippen molar-refractivity contribution in [3.8, 4) is 5.75 Å². The fourth-order valence-corrected chi connectivity index (χ4v) is 1.91. The van der Waals surface area contributed by atoms with E-state index >= 15 is 0 Å². The standard InChI is InChI=1S/C12H17NO/c1-3-11(13)9-4-5-12-10(7-9)6-8(2)14-12/h4-5,7-8,11H,3,6,13H2,1-2H3/t8?,11-/m0/s1. The first-order valence-electron chi connectivity index (χ1n) is 5.25. The smallest absolute Gasteiger partial charge is 0.123 e. The molecule has 0 amide bonds. The van der Waals surface area contributed by atoms with E-state index in [1.165, 1.54) is 11.1 Å². The lowest BCUT2D eigenvalue weighted by Gasteiger charge is -2.10. The van der Waals surface area contributed by atoms with Crippen LogP contribution in [0.15, 0.2) is 18.2 Å². The Morgan fingerprint density at radius 3 is 3.07 bits per heavy atom. The van der Waals surface area contributed by atoms with E-state index in [9.17, 15) is 0 Å². The third-order valence-electron chi connectivity index (χ3n) is 2.79. The SMILES string of the molecule is CC[C@H](N)c1ccc2c(c1)CC(C)O2. The van der Waals surface area contributed by atoms with Gasteiger partial charge >= 0.3 is 0 Å². The highest BCUT2D eigenvalue weighted by atomic mass is 16.5. The lowest BCUT2D eigenvalue weighted by atomic mass is 10.0. The van der Waals surface area contributed by atoms with Crippen LogP contribution < -0.4 is 10.5 Å². The summed E-state index contributed by atoms with van der Waals surface area (Å²) in [6.45, 7) is 4.20. The van der Waals surface area contributed by atoms with Gasteiger partial charge in [-0.05, 0) is 30.5 Å². The molecule has 2 N–H and O–H groups in total. The number of benzene rings is 1. The highest BCUT2D eigenvalue weighted by molar-refractivity contribution is 5.41. The summed E-state index contributed by atoms with van der Waals surface area (Å²) in [4.78, 5) is 0. The zero-order valence-corrected chi connectivity index (χ0v) is 8.79. The van der Waals surface area contributed by atoms with Crippen molar-refractivity contribution in [2.24, 2.45) is 5.73 Å². The van der Waals surface area contributed by atoms with E-state index in [2.05, 4.69) is 26.0 Å². The number of rotatable bonds is 2. The summed E-state index contributed by atoms with van der Waals surface area (Å²) in [5.74, 6) is 1.03. The molecule has 0 aliphatic carbocycles. The zero-order valence-electron chi connectivity index (χ0n) is 8.79. The van der Waals surface area contributed by atoms with Crippen molar-refractivity contribution in [3.63, 3.8) is 0 Å². The first-order chi connectivity index (χ1) is 6.70. The van der Waals surface area contributed by atoms with Crippen molar-refractivity contribution in [1.29, 1.82) is 0 Å². The molecule has 0 bridgehead atoms. The highest BCUT2D eigenvalue weighted by Crippen LogP contribution is 2.31. The van der Waals surface area contributed by atoms with Crippen molar-refractivity contribution in [1.82, 2.24) is 0 Å². The maximum absolute atomic E-state index is 5.98. The number of hydrogen-bond acceptors (Lipinski definition) is 2. The lowest BCUT2D eigenvalue weighted by Crippen LogP contribution is -2.08. The van der Waals surface area contributed by atoms with Crippen LogP contribution in [0.4, 0.5) is 0 Å². The van der Waals surface area contributed by atoms with Crippen molar-refractivity contribution in [3.05, 3.63) is 29.3 Å². The first-order valence-corrected chi connectivity index (χ1v) is 5.25. The quantitative estimate of drug-likeness (QED) is 0.779. The van der Waals surface area contributed by atoms with Gasteiger partial charge in [-0.25, -0.2) is 0 Å². The minimum absolute atomic E-state index is 0.163. The van der Waals surface area contributed by atoms with Crippen LogP contribution in [0, 0.1) is 0 Å². The predicted octanol–water partition coefficient (Wildman–Crippen LogP) is 2.42. The van der Waals surface area contributed by atoms with E-state index in [1.54, 1.807) is 0 Å². The van der Waals surface area contributed by atoms with Crippen molar-refractivity contribution in [2.45, 2.75) is 38.8 Å². The van der Waals surface area contributed by atoms with E-state index in [0.717, 1.165) is 18.6 Å². The minimum Gasteiger partial charge on any atom is -0.490 e. The number of ether oxygens (including phenoxy) is 1. The second-order valence-corrected chi connectivity index (χ2v) is 4.01. The molecular formula is C12H17NO. The molecule has 0 saturated heterocycles. The van der Waals surface area contributed by atoms with Gasteiger partial charge in [0.15, 0.2) is 0 Å². The Bertz CT molecular complexity index is 335. The minimum atomic E-state index is 0.163. The normalized spacial score (nSPS) is 21.5. The van der Waals surface area contributed by atoms with Gasteiger partial charge in [0.05, 0.1) is 0 Å². The highest BCUT2D eigenvalue weighted by Gasteiger charge is 2.19. The Kier molecular flexibility index (Phi) is 2.46. The molecule has 2 heteroatoms. The molecule has 1 heterocycles. The fourth-order valence-electron chi connectivity index (χ4n) is 1.91. The molecule has 76 valence electrons. The van der Waals surface area contributed by atoms with Gasteiger partial charge in [-0.1, -0.05) is 19.1 Å². The maximum Gasteiger partial charge on any atom is 0.123 e. The Morgan fingerprint density at radius 1 is 1.57 bits per heavy atom. The molecule has 0 radical (unpaired) electrons. The van der Waals surface area contributed by atoms with E-state index in [0.29, 0.717) is 6.10 Å². The molecule has 1 aliphatic heterocycles. The average molecular weight is 191 g/mol. The molecule has 0 aromatic heterocycles. The Hall–Kier alpha value is -1.02. The van der Waals surface area contributed by atoms with Gasteiger partial charge in [0.25, 0.3) is 0 Å². The van der Waals surface area contributed by atoms with E-state index < -0.39 is 0 Å². The van der Waals surface area contributed by atoms with Crippen LogP contribution in [0.5, 0.6) is 5.75 Å². The topological polar surface area (TPSA) is 35.2 Å². The molecule has 1 unspecified atom stereocenters. The monoisotopic (exact) mass is 191 g/mol. The summed E-state index contributed by atoms with van der Waals surface area (Å²) in [6, 6.07) is 6.47. The third kappa shape index (κ3) is 1.62. The van der Waals surface area contributed by atoms with Crippen LogP contribution in [-0.4, -0.2) is 6.10 Å². The van der Waals surface area contributed by atoms with Crippen LogP contribution in [0.2, 0.25) is 0 Å². The van der Waals surface area contributed by atoms with Gasteiger partial charge in [0, 0.05) is 12.5 Å². The van der Waals surface area contributed by atoms with Crippen molar-refractivity contribution < 1.29 is 4.74 Å². The predicted molar refractivity (Wildman–Crippen MR) is 57.5 cm³/mol. The lowest BCUT2D eigenvalue weighted by molar-refractivity contribution is 0.254. The Labute approximate surface area is 85.1 Å². The summed E-state index contributed by atoms with van der Waals surface area (Å²) in [7, 11) is 0. The molecule has 0 saturated carbocycles. The summed E-state index contributed by atoms with van der Waals surface area (Å²) in [6.07, 6.45) is 2.31. The third-order valence-corrected chi connectivity index (χ3v) is 2.79. The van der Waals surface area contributed by atoms with Crippen LogP contribution in [-0.2, 0) is 6.42 Å². The molecule has 1 aromatic carbocycles. The fraction of sp³-hybridized carbons (Fsp3) is 0.500. The molecule has 2 rings (SSSR count). The number of fused-ring (bicyclic) bond motifs is 1. The molecule has 1 aromatic rings. The van der Waals surface area contributed by atoms with E-state index in [4.69, 9.17) is 10.5 Å². The average Bonchev–Trinajstić information content (AvgIpc) is 2.55. The van der Waals surface area contributed by atoms with Crippen LogP contribution in [0.3, 0.4) is 0 Å². The molecule has 1 aliphatic rings. The molecular weight excluding hydrogens is 174 g/mol. The van der Waals surface area contributed by atoms with Crippen molar-refractivity contribution in [2.75, 3.05) is 0 Å². The first kappa shape index (κ1) is 9.53. The van der Waals surface area contributed by atoms with Gasteiger partial charge < -0.3 is 10.5 Å². The zero-order chi connectivity index (χ0) is 10.1. The van der Waals surface area contributed by atoms with Gasteiger partial charge in [0.1, 0.15) is 11.9 Å². The molecule has 0 spiro atoms. The number of hydrogen-bond donors (Lipinski definition) is 1. The van der Waals surface area contributed by atoms with Gasteiger partial charge in [-0.3, -0.25) is 0 Å². The van der Waals surface area contributed by atoms with Crippen LogP contribution in [0.1, 0.15) is 37.4 Å². The van der Waals surface area contributed by atoms with Crippen molar-refractivity contribution >= 4 is 0 Å². The maximum atomic E-state index is 5.98. The van der Waals surface area contributed by atoms with Crippen LogP contribution in [0.25, 0.3) is 0 Å². The summed E-state index contributed by atoms with van der Waals surface area (Å²) >= 11 is 0. The summed E-state index contributed by atoms with van der Waals surface area (Å²) in [5.41, 5.74) is 8.51. The largest absolute Gasteiger partial charge is 0.490 e. The Morgan fingerprint density at radius 2 is 2.36 bits per heavy atom. The second-order valence-electron chi connectivity index (χ2n) is 4.01. The molecule has 0 fully saturated rings.